The second-order valence-corrected chi connectivity index (χ2v) is 8.46. The molecule has 2 aliphatic carbocycles. The smallest absolute Gasteiger partial charge is 0.109 e. The lowest BCUT2D eigenvalue weighted by Gasteiger charge is -2.62. The van der Waals surface area contributed by atoms with E-state index in [0.717, 1.165) is 11.7 Å². The lowest BCUT2D eigenvalue weighted by Crippen LogP contribution is -2.58. The zero-order valence-corrected chi connectivity index (χ0v) is 13.4. The Labute approximate surface area is 118 Å². The van der Waals surface area contributed by atoms with Gasteiger partial charge in [-0.2, -0.15) is 0 Å². The van der Waals surface area contributed by atoms with E-state index >= 15 is 0 Å². The van der Waals surface area contributed by atoms with Gasteiger partial charge in [-0.05, 0) is 68.8 Å². The van der Waals surface area contributed by atoms with Crippen LogP contribution >= 0.6 is 0 Å². The Balaban J connectivity index is 1.99. The topological polar surface area (TPSA) is 9.23 Å². The van der Waals surface area contributed by atoms with Crippen molar-refractivity contribution < 1.29 is 4.74 Å². The van der Waals surface area contributed by atoms with Gasteiger partial charge in [0, 0.05) is 5.92 Å². The Morgan fingerprint density at radius 1 is 1.05 bits per heavy atom. The van der Waals surface area contributed by atoms with Crippen molar-refractivity contribution in [3.8, 4) is 0 Å². The summed E-state index contributed by atoms with van der Waals surface area (Å²) < 4.78 is 6.32. The molecule has 3 rings (SSSR count). The first-order valence-corrected chi connectivity index (χ1v) is 8.14. The van der Waals surface area contributed by atoms with Crippen LogP contribution in [0.15, 0.2) is 11.8 Å². The van der Waals surface area contributed by atoms with E-state index in [2.05, 4.69) is 40.7 Å². The van der Waals surface area contributed by atoms with Gasteiger partial charge in [-0.1, -0.05) is 27.2 Å². The lowest BCUT2D eigenvalue weighted by molar-refractivity contribution is -0.181. The average Bonchev–Trinajstić information content (AvgIpc) is 2.25. The number of rotatable bonds is 0. The van der Waals surface area contributed by atoms with Crippen molar-refractivity contribution in [1.29, 1.82) is 0 Å². The molecule has 0 radical (unpaired) electrons. The maximum atomic E-state index is 6.32. The number of fused-ring (bicyclic) bond motifs is 3. The third-order valence-corrected chi connectivity index (χ3v) is 6.77. The monoisotopic (exact) mass is 262 g/mol. The van der Waals surface area contributed by atoms with Crippen LogP contribution < -0.4 is 0 Å². The van der Waals surface area contributed by atoms with Gasteiger partial charge in [-0.15, -0.1) is 0 Å². The van der Waals surface area contributed by atoms with Crippen LogP contribution in [0.1, 0.15) is 73.1 Å². The number of ether oxygens (including phenoxy) is 1. The second-order valence-electron chi connectivity index (χ2n) is 8.46. The molecule has 19 heavy (non-hydrogen) atoms. The number of hydrogen-bond donors (Lipinski definition) is 0. The summed E-state index contributed by atoms with van der Waals surface area (Å²) in [5, 5.41) is 0. The first-order valence-electron chi connectivity index (χ1n) is 8.14. The van der Waals surface area contributed by atoms with Gasteiger partial charge in [0.25, 0.3) is 0 Å². The van der Waals surface area contributed by atoms with Crippen LogP contribution in [0.25, 0.3) is 0 Å². The molecule has 108 valence electrons. The minimum Gasteiger partial charge on any atom is -0.492 e. The van der Waals surface area contributed by atoms with E-state index < -0.39 is 0 Å². The van der Waals surface area contributed by atoms with E-state index in [-0.39, 0.29) is 5.60 Å². The van der Waals surface area contributed by atoms with Crippen molar-refractivity contribution in [1.82, 2.24) is 0 Å². The first-order chi connectivity index (χ1) is 8.78. The van der Waals surface area contributed by atoms with Crippen molar-refractivity contribution >= 4 is 0 Å². The van der Waals surface area contributed by atoms with Gasteiger partial charge in [0.05, 0.1) is 5.76 Å². The summed E-state index contributed by atoms with van der Waals surface area (Å²) in [5.74, 6) is 2.74. The summed E-state index contributed by atoms with van der Waals surface area (Å²) in [4.78, 5) is 0. The van der Waals surface area contributed by atoms with Crippen molar-refractivity contribution in [2.75, 3.05) is 0 Å². The highest BCUT2D eigenvalue weighted by Crippen LogP contribution is 2.64. The quantitative estimate of drug-likeness (QED) is 0.574. The Morgan fingerprint density at radius 2 is 1.79 bits per heavy atom. The SMILES string of the molecule is CC1=CCC2[C@@]3(C)CCCC(C)(C)C3CC[C@@]2(C)O1. The van der Waals surface area contributed by atoms with Crippen LogP contribution in [0.4, 0.5) is 0 Å². The predicted octanol–water partition coefficient (Wildman–Crippen LogP) is 5.31. The Kier molecular flexibility index (Phi) is 2.86. The molecule has 1 aliphatic heterocycles. The molecule has 0 saturated heterocycles. The minimum atomic E-state index is 0.0947. The molecular formula is C18H30O. The normalized spacial score (nSPS) is 48.6. The Morgan fingerprint density at radius 3 is 2.53 bits per heavy atom. The van der Waals surface area contributed by atoms with Crippen molar-refractivity contribution in [3.05, 3.63) is 11.8 Å². The maximum Gasteiger partial charge on any atom is 0.109 e. The summed E-state index contributed by atoms with van der Waals surface area (Å²) in [6.07, 6.45) is 10.4. The molecule has 2 fully saturated rings. The van der Waals surface area contributed by atoms with Gasteiger partial charge < -0.3 is 4.74 Å². The van der Waals surface area contributed by atoms with Gasteiger partial charge in [0.15, 0.2) is 0 Å². The average molecular weight is 262 g/mol. The molecule has 1 heterocycles. The standard InChI is InChI=1S/C18H30O/c1-13-7-8-15-17(4)11-6-10-16(2,3)14(17)9-12-18(15,5)19-13/h7,14-15H,6,8-12H2,1-5H3/t14?,15?,17-,18+/m0/s1. The second kappa shape index (κ2) is 4.02. The molecule has 0 aromatic carbocycles. The molecule has 1 nitrogen and oxygen atoms in total. The molecule has 0 aromatic heterocycles. The highest BCUT2D eigenvalue weighted by atomic mass is 16.5. The summed E-state index contributed by atoms with van der Waals surface area (Å²) in [5.41, 5.74) is 1.09. The van der Waals surface area contributed by atoms with Crippen molar-refractivity contribution in [3.63, 3.8) is 0 Å². The molecule has 2 unspecified atom stereocenters. The number of allylic oxidation sites excluding steroid dienone is 2. The zero-order chi connectivity index (χ0) is 13.9. The molecule has 0 spiro atoms. The summed E-state index contributed by atoms with van der Waals surface area (Å²) in [6.45, 7) is 12.1. The lowest BCUT2D eigenvalue weighted by atomic mass is 9.45. The molecule has 0 amide bonds. The highest BCUT2D eigenvalue weighted by Gasteiger charge is 2.59. The third kappa shape index (κ3) is 1.87. The molecule has 2 saturated carbocycles. The fourth-order valence-corrected chi connectivity index (χ4v) is 5.94. The van der Waals surface area contributed by atoms with Crippen LogP contribution in [-0.4, -0.2) is 5.60 Å². The molecule has 3 aliphatic rings. The van der Waals surface area contributed by atoms with Gasteiger partial charge in [-0.25, -0.2) is 0 Å². The van der Waals surface area contributed by atoms with E-state index in [1.165, 1.54) is 38.5 Å². The summed E-state index contributed by atoms with van der Waals surface area (Å²) in [6, 6.07) is 0. The van der Waals surface area contributed by atoms with Crippen LogP contribution in [0.5, 0.6) is 0 Å². The maximum absolute atomic E-state index is 6.32. The van der Waals surface area contributed by atoms with E-state index in [0.29, 0.717) is 16.7 Å². The minimum absolute atomic E-state index is 0.0947. The predicted molar refractivity (Wildman–Crippen MR) is 79.8 cm³/mol. The molecule has 4 atom stereocenters. The van der Waals surface area contributed by atoms with Gasteiger partial charge in [0.1, 0.15) is 5.60 Å². The summed E-state index contributed by atoms with van der Waals surface area (Å²) in [7, 11) is 0. The fourth-order valence-electron chi connectivity index (χ4n) is 5.94. The third-order valence-electron chi connectivity index (χ3n) is 6.77. The molecule has 0 bridgehead atoms. The van der Waals surface area contributed by atoms with Crippen molar-refractivity contribution in [2.24, 2.45) is 22.7 Å². The largest absolute Gasteiger partial charge is 0.492 e. The van der Waals surface area contributed by atoms with Crippen LogP contribution in [0.2, 0.25) is 0 Å². The molecule has 0 N–H and O–H groups in total. The Hall–Kier alpha value is -0.460. The molecular weight excluding hydrogens is 232 g/mol. The molecule has 0 aromatic rings. The van der Waals surface area contributed by atoms with Crippen LogP contribution in [0, 0.1) is 22.7 Å². The van der Waals surface area contributed by atoms with E-state index in [4.69, 9.17) is 4.74 Å². The van der Waals surface area contributed by atoms with Crippen molar-refractivity contribution in [2.45, 2.75) is 78.7 Å². The van der Waals surface area contributed by atoms with Gasteiger partial charge >= 0.3 is 0 Å². The molecule has 1 heteroatoms. The van der Waals surface area contributed by atoms with Gasteiger partial charge in [-0.3, -0.25) is 0 Å². The Bertz CT molecular complexity index is 408. The van der Waals surface area contributed by atoms with E-state index in [1.807, 2.05) is 0 Å². The fraction of sp³-hybridized carbons (Fsp3) is 0.889. The summed E-state index contributed by atoms with van der Waals surface area (Å²) >= 11 is 0. The zero-order valence-electron chi connectivity index (χ0n) is 13.4. The van der Waals surface area contributed by atoms with E-state index in [1.54, 1.807) is 0 Å². The highest BCUT2D eigenvalue weighted by molar-refractivity contribution is 5.13. The van der Waals surface area contributed by atoms with E-state index in [9.17, 15) is 0 Å². The first kappa shape index (κ1) is 13.5. The van der Waals surface area contributed by atoms with Crippen LogP contribution in [0.3, 0.4) is 0 Å². The van der Waals surface area contributed by atoms with Gasteiger partial charge in [0.2, 0.25) is 0 Å². The van der Waals surface area contributed by atoms with Crippen LogP contribution in [-0.2, 0) is 4.74 Å². The number of hydrogen-bond acceptors (Lipinski definition) is 1.